The van der Waals surface area contributed by atoms with Crippen molar-refractivity contribution in [3.63, 3.8) is 0 Å². The van der Waals surface area contributed by atoms with Crippen molar-refractivity contribution in [1.29, 1.82) is 0 Å². The molecule has 2 aliphatic rings. The molecule has 4 heterocycles. The second kappa shape index (κ2) is 6.30. The Morgan fingerprint density at radius 1 is 1.19 bits per heavy atom. The summed E-state index contributed by atoms with van der Waals surface area (Å²) in [5, 5.41) is 4.27. The highest BCUT2D eigenvalue weighted by atomic mass is 32.1. The first-order valence-electron chi connectivity index (χ1n) is 8.89. The Morgan fingerprint density at radius 2 is 2.08 bits per heavy atom. The van der Waals surface area contributed by atoms with Crippen LogP contribution in [0.3, 0.4) is 0 Å². The molecular weight excluding hydrogens is 349 g/mol. The van der Waals surface area contributed by atoms with Gasteiger partial charge in [0.2, 0.25) is 0 Å². The molecule has 134 valence electrons. The van der Waals surface area contributed by atoms with Crippen LogP contribution in [0.5, 0.6) is 0 Å². The molecule has 0 amide bonds. The first-order valence-corrected chi connectivity index (χ1v) is 9.83. The number of halogens is 1. The van der Waals surface area contributed by atoms with Crippen molar-refractivity contribution in [1.82, 2.24) is 14.5 Å². The van der Waals surface area contributed by atoms with Gasteiger partial charge in [0.25, 0.3) is 0 Å². The molecule has 2 aromatic heterocycles. The number of likely N-dealkylation sites (tertiary alicyclic amines) is 1. The highest BCUT2D eigenvalue weighted by Crippen LogP contribution is 2.36. The zero-order valence-electron chi connectivity index (χ0n) is 14.4. The lowest BCUT2D eigenvalue weighted by molar-refractivity contribution is -0.0821. The Kier molecular flexibility index (Phi) is 3.92. The number of hydrogen-bond acceptors (Lipinski definition) is 4. The smallest absolute Gasteiger partial charge is 0.135 e. The van der Waals surface area contributed by atoms with Crippen LogP contribution in [-0.2, 0) is 24.4 Å². The maximum absolute atomic E-state index is 13.1. The minimum atomic E-state index is -0.184. The number of thiophene rings is 1. The zero-order valence-corrected chi connectivity index (χ0v) is 15.2. The molecular formula is C20H20FN3OS. The molecule has 0 radical (unpaired) electrons. The summed E-state index contributed by atoms with van der Waals surface area (Å²) >= 11 is 1.71. The standard InChI is InChI=1S/C20H20FN3OS/c21-17-3-1-15(2-4-17)10-23-7-6-20(13-23)14-24-18(16-5-8-26-12-16)9-22-19(24)11-25-20/h1-5,8-9,12H,6-7,10-11,13-14H2/t20-/m0/s1. The lowest BCUT2D eigenvalue weighted by atomic mass is 10.0. The van der Waals surface area contributed by atoms with E-state index >= 15 is 0 Å². The molecule has 0 aliphatic carbocycles. The van der Waals surface area contributed by atoms with Crippen molar-refractivity contribution in [2.45, 2.75) is 31.7 Å². The van der Waals surface area contributed by atoms with E-state index in [2.05, 4.69) is 31.3 Å². The minimum absolute atomic E-state index is 0.154. The van der Waals surface area contributed by atoms with Gasteiger partial charge in [-0.3, -0.25) is 4.90 Å². The molecule has 6 heteroatoms. The van der Waals surface area contributed by atoms with Crippen LogP contribution in [0.2, 0.25) is 0 Å². The van der Waals surface area contributed by atoms with E-state index in [1.807, 2.05) is 18.3 Å². The second-order valence-electron chi connectivity index (χ2n) is 7.22. The summed E-state index contributed by atoms with van der Waals surface area (Å²) in [6, 6.07) is 8.94. The number of rotatable bonds is 3. The Morgan fingerprint density at radius 3 is 2.88 bits per heavy atom. The molecule has 0 N–H and O–H groups in total. The van der Waals surface area contributed by atoms with Gasteiger partial charge in [0, 0.05) is 30.6 Å². The topological polar surface area (TPSA) is 30.3 Å². The summed E-state index contributed by atoms with van der Waals surface area (Å²) in [5.74, 6) is 0.824. The van der Waals surface area contributed by atoms with Crippen molar-refractivity contribution >= 4 is 11.3 Å². The van der Waals surface area contributed by atoms with Gasteiger partial charge in [0.15, 0.2) is 0 Å². The first-order chi connectivity index (χ1) is 12.7. The third-order valence-corrected chi connectivity index (χ3v) is 6.11. The van der Waals surface area contributed by atoms with Crippen LogP contribution in [-0.4, -0.2) is 33.1 Å². The molecule has 0 unspecified atom stereocenters. The van der Waals surface area contributed by atoms with Crippen LogP contribution in [0, 0.1) is 5.82 Å². The fourth-order valence-electron chi connectivity index (χ4n) is 4.06. The van der Waals surface area contributed by atoms with Crippen molar-refractivity contribution in [3.8, 4) is 11.3 Å². The van der Waals surface area contributed by atoms with Crippen molar-refractivity contribution < 1.29 is 9.13 Å². The average molecular weight is 369 g/mol. The van der Waals surface area contributed by atoms with E-state index in [9.17, 15) is 4.39 Å². The van der Waals surface area contributed by atoms with Crippen LogP contribution in [0.15, 0.2) is 47.3 Å². The van der Waals surface area contributed by atoms with Crippen molar-refractivity contribution in [3.05, 3.63) is 64.5 Å². The zero-order chi connectivity index (χ0) is 17.6. The molecule has 1 spiro atoms. The van der Waals surface area contributed by atoms with E-state index in [4.69, 9.17) is 4.74 Å². The maximum atomic E-state index is 13.1. The molecule has 4 nitrogen and oxygen atoms in total. The lowest BCUT2D eigenvalue weighted by Crippen LogP contribution is -2.44. The number of benzene rings is 1. The quantitative estimate of drug-likeness (QED) is 0.701. The van der Waals surface area contributed by atoms with E-state index in [1.54, 1.807) is 11.3 Å². The summed E-state index contributed by atoms with van der Waals surface area (Å²) in [6.07, 6.45) is 2.97. The first kappa shape index (κ1) is 16.2. The molecule has 1 saturated heterocycles. The monoisotopic (exact) mass is 369 g/mol. The Bertz CT molecular complexity index is 906. The predicted octanol–water partition coefficient (Wildman–Crippen LogP) is 3.93. The highest BCUT2D eigenvalue weighted by molar-refractivity contribution is 7.08. The average Bonchev–Trinajstić information content (AvgIpc) is 3.37. The summed E-state index contributed by atoms with van der Waals surface area (Å²) in [5.41, 5.74) is 3.40. The van der Waals surface area contributed by atoms with Crippen LogP contribution < -0.4 is 0 Å². The summed E-state index contributed by atoms with van der Waals surface area (Å²) in [7, 11) is 0. The maximum Gasteiger partial charge on any atom is 0.135 e. The summed E-state index contributed by atoms with van der Waals surface area (Å²) in [4.78, 5) is 6.96. The normalized spacial score (nSPS) is 22.8. The molecule has 3 aromatic rings. The molecule has 26 heavy (non-hydrogen) atoms. The number of imidazole rings is 1. The van der Waals surface area contributed by atoms with E-state index in [0.717, 1.165) is 44.0 Å². The highest BCUT2D eigenvalue weighted by Gasteiger charge is 2.43. The SMILES string of the molecule is Fc1ccc(CN2CC[C@]3(C2)Cn2c(-c4ccsc4)cnc2CO3)cc1. The van der Waals surface area contributed by atoms with Gasteiger partial charge in [-0.1, -0.05) is 12.1 Å². The molecule has 1 aromatic carbocycles. The molecule has 5 rings (SSSR count). The van der Waals surface area contributed by atoms with Gasteiger partial charge in [0.05, 0.1) is 18.4 Å². The third-order valence-electron chi connectivity index (χ3n) is 5.42. The number of fused-ring (bicyclic) bond motifs is 1. The second-order valence-corrected chi connectivity index (χ2v) is 8.00. The number of nitrogens with zero attached hydrogens (tertiary/aromatic N) is 3. The van der Waals surface area contributed by atoms with Gasteiger partial charge in [-0.25, -0.2) is 9.37 Å². The van der Waals surface area contributed by atoms with E-state index < -0.39 is 0 Å². The van der Waals surface area contributed by atoms with E-state index in [1.165, 1.54) is 23.4 Å². The molecule has 0 saturated carbocycles. The largest absolute Gasteiger partial charge is 0.364 e. The molecule has 0 bridgehead atoms. The van der Waals surface area contributed by atoms with Gasteiger partial charge in [-0.2, -0.15) is 11.3 Å². The molecule has 2 aliphatic heterocycles. The van der Waals surface area contributed by atoms with Crippen LogP contribution in [0.25, 0.3) is 11.3 Å². The van der Waals surface area contributed by atoms with E-state index in [-0.39, 0.29) is 11.4 Å². The van der Waals surface area contributed by atoms with Gasteiger partial charge in [-0.15, -0.1) is 0 Å². The Balaban J connectivity index is 1.34. The molecule has 1 fully saturated rings. The number of hydrogen-bond donors (Lipinski definition) is 0. The third kappa shape index (κ3) is 2.88. The van der Waals surface area contributed by atoms with Gasteiger partial charge in [0.1, 0.15) is 23.8 Å². The van der Waals surface area contributed by atoms with Gasteiger partial charge >= 0.3 is 0 Å². The predicted molar refractivity (Wildman–Crippen MR) is 99.4 cm³/mol. The fourth-order valence-corrected chi connectivity index (χ4v) is 4.70. The van der Waals surface area contributed by atoms with Crippen LogP contribution in [0.1, 0.15) is 17.8 Å². The minimum Gasteiger partial charge on any atom is -0.364 e. The van der Waals surface area contributed by atoms with Crippen LogP contribution >= 0.6 is 11.3 Å². The van der Waals surface area contributed by atoms with Gasteiger partial charge < -0.3 is 9.30 Å². The van der Waals surface area contributed by atoms with Crippen LogP contribution in [0.4, 0.5) is 4.39 Å². The molecule has 1 atom stereocenters. The van der Waals surface area contributed by atoms with E-state index in [0.29, 0.717) is 6.61 Å². The fraction of sp³-hybridized carbons (Fsp3) is 0.350. The number of ether oxygens (including phenoxy) is 1. The lowest BCUT2D eigenvalue weighted by Gasteiger charge is -2.35. The number of aromatic nitrogens is 2. The summed E-state index contributed by atoms with van der Waals surface area (Å²) < 4.78 is 21.7. The van der Waals surface area contributed by atoms with Gasteiger partial charge in [-0.05, 0) is 35.6 Å². The van der Waals surface area contributed by atoms with Crippen molar-refractivity contribution in [2.24, 2.45) is 0 Å². The summed E-state index contributed by atoms with van der Waals surface area (Å²) in [6.45, 7) is 4.13. The van der Waals surface area contributed by atoms with Crippen molar-refractivity contribution in [2.75, 3.05) is 13.1 Å². The Hall–Kier alpha value is -2.02. The Labute approximate surface area is 155 Å².